The van der Waals surface area contributed by atoms with Crippen molar-refractivity contribution < 1.29 is 27.8 Å². The lowest BCUT2D eigenvalue weighted by Crippen LogP contribution is -2.38. The zero-order valence-electron chi connectivity index (χ0n) is 17.9. The summed E-state index contributed by atoms with van der Waals surface area (Å²) >= 11 is 0. The molecule has 2 aromatic rings. The lowest BCUT2D eigenvalue weighted by molar-refractivity contribution is 0.0322. The molecule has 2 amide bonds. The fourth-order valence-electron chi connectivity index (χ4n) is 3.19. The van der Waals surface area contributed by atoms with Crippen LogP contribution in [0.4, 0.5) is 13.6 Å². The van der Waals surface area contributed by atoms with Crippen LogP contribution >= 0.6 is 0 Å². The topological polar surface area (TPSA) is 72.1 Å². The van der Waals surface area contributed by atoms with E-state index in [1.54, 1.807) is 24.3 Å². The molecule has 0 aliphatic carbocycles. The highest BCUT2D eigenvalue weighted by Crippen LogP contribution is 2.15. The van der Waals surface area contributed by atoms with Gasteiger partial charge in [-0.25, -0.2) is 13.6 Å². The van der Waals surface area contributed by atoms with Crippen molar-refractivity contribution >= 4 is 6.03 Å². The molecule has 0 unspecified atom stereocenters. The van der Waals surface area contributed by atoms with E-state index in [-0.39, 0.29) is 12.6 Å². The van der Waals surface area contributed by atoms with Gasteiger partial charge in [-0.1, -0.05) is 24.3 Å². The van der Waals surface area contributed by atoms with Crippen LogP contribution < -0.4 is 20.1 Å². The molecule has 3 rings (SSSR count). The van der Waals surface area contributed by atoms with E-state index in [1.165, 1.54) is 0 Å². The van der Waals surface area contributed by atoms with Gasteiger partial charge in [-0.15, -0.1) is 0 Å². The Labute approximate surface area is 186 Å². The number of carbonyl (C=O) groups excluding carboxylic acids is 1. The maximum Gasteiger partial charge on any atom is 0.315 e. The van der Waals surface area contributed by atoms with Crippen LogP contribution in [0, 0.1) is 0 Å². The third-order valence-electron chi connectivity index (χ3n) is 4.86. The van der Waals surface area contributed by atoms with Gasteiger partial charge in [0.1, 0.15) is 24.7 Å². The van der Waals surface area contributed by atoms with Gasteiger partial charge >= 0.3 is 6.03 Å². The number of alkyl halides is 2. The van der Waals surface area contributed by atoms with E-state index in [2.05, 4.69) is 15.5 Å². The molecule has 1 fully saturated rings. The predicted octanol–water partition coefficient (Wildman–Crippen LogP) is 3.04. The Hall–Kier alpha value is -2.91. The van der Waals surface area contributed by atoms with Gasteiger partial charge in [0.05, 0.1) is 13.2 Å². The second-order valence-corrected chi connectivity index (χ2v) is 7.34. The summed E-state index contributed by atoms with van der Waals surface area (Å²) in [6, 6.07) is 14.0. The summed E-state index contributed by atoms with van der Waals surface area (Å²) in [7, 11) is 0. The van der Waals surface area contributed by atoms with Gasteiger partial charge in [0.25, 0.3) is 6.43 Å². The SMILES string of the molecule is O=C(NCc1cccc(OCCN2CCOCC2)c1)NCc1cccc(OCC(F)F)c1. The number of carbonyl (C=O) groups is 1. The third-order valence-corrected chi connectivity index (χ3v) is 4.86. The van der Waals surface area contributed by atoms with Gasteiger partial charge in [-0.2, -0.15) is 0 Å². The Balaban J connectivity index is 1.37. The van der Waals surface area contributed by atoms with Gasteiger partial charge in [-0.3, -0.25) is 4.90 Å². The van der Waals surface area contributed by atoms with Gasteiger partial charge in [0.15, 0.2) is 0 Å². The van der Waals surface area contributed by atoms with E-state index in [0.29, 0.717) is 18.9 Å². The van der Waals surface area contributed by atoms with E-state index >= 15 is 0 Å². The van der Waals surface area contributed by atoms with Crippen molar-refractivity contribution in [3.8, 4) is 11.5 Å². The van der Waals surface area contributed by atoms with Crippen molar-refractivity contribution in [2.24, 2.45) is 0 Å². The first-order chi connectivity index (χ1) is 15.6. The minimum atomic E-state index is -2.53. The highest BCUT2D eigenvalue weighted by Gasteiger charge is 2.10. The molecule has 1 aliphatic heterocycles. The molecule has 0 radical (unpaired) electrons. The molecule has 1 aliphatic rings. The van der Waals surface area contributed by atoms with Crippen molar-refractivity contribution in [3.05, 3.63) is 59.7 Å². The summed E-state index contributed by atoms with van der Waals surface area (Å²) in [4.78, 5) is 14.4. The smallest absolute Gasteiger partial charge is 0.315 e. The molecule has 2 N–H and O–H groups in total. The number of amides is 2. The van der Waals surface area contributed by atoms with Crippen LogP contribution in [0.1, 0.15) is 11.1 Å². The quantitative estimate of drug-likeness (QED) is 0.552. The molecule has 7 nitrogen and oxygen atoms in total. The number of benzene rings is 2. The van der Waals surface area contributed by atoms with Gasteiger partial charge in [-0.05, 0) is 35.4 Å². The Morgan fingerprint density at radius 3 is 2.16 bits per heavy atom. The first kappa shape index (κ1) is 23.7. The van der Waals surface area contributed by atoms with Crippen LogP contribution in [-0.2, 0) is 17.8 Å². The minimum absolute atomic E-state index is 0.252. The number of urea groups is 1. The molecule has 0 bridgehead atoms. The Bertz CT molecular complexity index is 847. The molecular weight excluding hydrogens is 420 g/mol. The molecule has 174 valence electrons. The maximum atomic E-state index is 12.3. The van der Waals surface area contributed by atoms with Crippen LogP contribution in [0.25, 0.3) is 0 Å². The van der Waals surface area contributed by atoms with Crippen LogP contribution in [0.15, 0.2) is 48.5 Å². The van der Waals surface area contributed by atoms with Crippen molar-refractivity contribution in [2.45, 2.75) is 19.5 Å². The molecule has 2 aromatic carbocycles. The predicted molar refractivity (Wildman–Crippen MR) is 116 cm³/mol. The molecule has 0 aromatic heterocycles. The van der Waals surface area contributed by atoms with E-state index in [9.17, 15) is 13.6 Å². The van der Waals surface area contributed by atoms with Gasteiger partial charge < -0.3 is 24.8 Å². The lowest BCUT2D eigenvalue weighted by atomic mass is 10.2. The van der Waals surface area contributed by atoms with Crippen LogP contribution in [-0.4, -0.2) is 63.4 Å². The number of morpholine rings is 1. The van der Waals surface area contributed by atoms with E-state index < -0.39 is 13.0 Å². The standard InChI is InChI=1S/C23H29F2N3O4/c24-22(25)17-32-21-6-2-4-19(14-21)16-27-23(29)26-15-18-3-1-5-20(13-18)31-12-9-28-7-10-30-11-8-28/h1-6,13-14,22H,7-12,15-17H2,(H2,26,27,29). The number of nitrogens with one attached hydrogen (secondary N) is 2. The van der Waals surface area contributed by atoms with Crippen LogP contribution in [0.5, 0.6) is 11.5 Å². The first-order valence-corrected chi connectivity index (χ1v) is 10.6. The summed E-state index contributed by atoms with van der Waals surface area (Å²) < 4.78 is 40.7. The average molecular weight is 449 g/mol. The largest absolute Gasteiger partial charge is 0.492 e. The molecule has 0 saturated carbocycles. The van der Waals surface area contributed by atoms with Gasteiger partial charge in [0, 0.05) is 32.7 Å². The molecular formula is C23H29F2N3O4. The first-order valence-electron chi connectivity index (χ1n) is 10.6. The summed E-state index contributed by atoms with van der Waals surface area (Å²) in [5.41, 5.74) is 1.68. The summed E-state index contributed by atoms with van der Waals surface area (Å²) in [5.74, 6) is 1.11. The van der Waals surface area contributed by atoms with E-state index in [0.717, 1.165) is 49.7 Å². The molecule has 0 spiro atoms. The maximum absolute atomic E-state index is 12.3. The molecule has 32 heavy (non-hydrogen) atoms. The highest BCUT2D eigenvalue weighted by molar-refractivity contribution is 5.73. The zero-order valence-corrected chi connectivity index (χ0v) is 17.9. The normalized spacial score (nSPS) is 14.2. The van der Waals surface area contributed by atoms with Crippen molar-refractivity contribution in [2.75, 3.05) is 46.1 Å². The Morgan fingerprint density at radius 2 is 1.56 bits per heavy atom. The van der Waals surface area contributed by atoms with Crippen LogP contribution in [0.3, 0.4) is 0 Å². The second-order valence-electron chi connectivity index (χ2n) is 7.34. The van der Waals surface area contributed by atoms with E-state index in [1.807, 2.05) is 24.3 Å². The number of hydrogen-bond acceptors (Lipinski definition) is 5. The van der Waals surface area contributed by atoms with Crippen molar-refractivity contribution in [1.29, 1.82) is 0 Å². The number of hydrogen-bond donors (Lipinski definition) is 2. The summed E-state index contributed by atoms with van der Waals surface area (Å²) in [6.45, 7) is 4.77. The van der Waals surface area contributed by atoms with Crippen LogP contribution in [0.2, 0.25) is 0 Å². The summed E-state index contributed by atoms with van der Waals surface area (Å²) in [5, 5.41) is 5.55. The Morgan fingerprint density at radius 1 is 0.969 bits per heavy atom. The molecule has 1 heterocycles. The highest BCUT2D eigenvalue weighted by atomic mass is 19.3. The Kier molecular flexibility index (Phi) is 9.52. The molecule has 0 atom stereocenters. The van der Waals surface area contributed by atoms with Crippen molar-refractivity contribution in [1.82, 2.24) is 15.5 Å². The minimum Gasteiger partial charge on any atom is -0.492 e. The third kappa shape index (κ3) is 8.68. The monoisotopic (exact) mass is 449 g/mol. The molecule has 1 saturated heterocycles. The second kappa shape index (κ2) is 12.8. The number of rotatable bonds is 11. The zero-order chi connectivity index (χ0) is 22.6. The fraction of sp³-hybridized carbons (Fsp3) is 0.435. The number of halogens is 2. The fourth-order valence-corrected chi connectivity index (χ4v) is 3.19. The van der Waals surface area contributed by atoms with E-state index in [4.69, 9.17) is 14.2 Å². The van der Waals surface area contributed by atoms with Gasteiger partial charge in [0.2, 0.25) is 0 Å². The lowest BCUT2D eigenvalue weighted by Gasteiger charge is -2.26. The van der Waals surface area contributed by atoms with Crippen molar-refractivity contribution in [3.63, 3.8) is 0 Å². The number of ether oxygens (including phenoxy) is 3. The number of nitrogens with zero attached hydrogens (tertiary/aromatic N) is 1. The summed E-state index contributed by atoms with van der Waals surface area (Å²) in [6.07, 6.45) is -2.53. The molecule has 9 heteroatoms. The average Bonchev–Trinajstić information content (AvgIpc) is 2.81.